The van der Waals surface area contributed by atoms with Gasteiger partial charge in [-0.05, 0) is 64.3 Å². The molecule has 3 aliphatic rings. The Morgan fingerprint density at radius 3 is 2.11 bits per heavy atom. The fourth-order valence-corrected chi connectivity index (χ4v) is 4.91. The van der Waals surface area contributed by atoms with Gasteiger partial charge >= 0.3 is 0 Å². The van der Waals surface area contributed by atoms with Crippen LogP contribution >= 0.6 is 0 Å². The zero-order chi connectivity index (χ0) is 13.2. The average molecular weight is 264 g/mol. The standard InChI is InChI=1S/C17H32N2/c1-3-4-13-5-9-16(10-6-13)19(2)17-11-14-7-8-15(12-17)18-14/h13-18H,3-12H2,1-2H3. The Hall–Kier alpha value is -0.0800. The Kier molecular flexibility index (Phi) is 4.48. The third-order valence-electron chi connectivity index (χ3n) is 6.11. The molecule has 0 spiro atoms. The van der Waals surface area contributed by atoms with Gasteiger partial charge in [-0.3, -0.25) is 0 Å². The van der Waals surface area contributed by atoms with Crippen LogP contribution < -0.4 is 5.32 Å². The predicted octanol–water partition coefficient (Wildman–Crippen LogP) is 3.56. The van der Waals surface area contributed by atoms with E-state index in [1.807, 2.05) is 0 Å². The number of rotatable bonds is 4. The molecule has 2 heteroatoms. The molecule has 2 saturated heterocycles. The lowest BCUT2D eigenvalue weighted by molar-refractivity contribution is 0.0881. The summed E-state index contributed by atoms with van der Waals surface area (Å²) in [6.45, 7) is 2.34. The van der Waals surface area contributed by atoms with Crippen molar-refractivity contribution in [3.63, 3.8) is 0 Å². The van der Waals surface area contributed by atoms with Gasteiger partial charge in [0.25, 0.3) is 0 Å². The molecule has 2 unspecified atom stereocenters. The van der Waals surface area contributed by atoms with Crippen molar-refractivity contribution in [2.45, 2.75) is 95.3 Å². The predicted molar refractivity (Wildman–Crippen MR) is 81.4 cm³/mol. The Morgan fingerprint density at radius 2 is 1.53 bits per heavy atom. The molecule has 0 aromatic rings. The van der Waals surface area contributed by atoms with E-state index in [2.05, 4.69) is 24.2 Å². The molecule has 1 N–H and O–H groups in total. The third-order valence-corrected chi connectivity index (χ3v) is 6.11. The number of nitrogens with one attached hydrogen (secondary N) is 1. The molecular weight excluding hydrogens is 232 g/mol. The minimum absolute atomic E-state index is 0.836. The Labute approximate surface area is 119 Å². The van der Waals surface area contributed by atoms with Crippen molar-refractivity contribution < 1.29 is 0 Å². The summed E-state index contributed by atoms with van der Waals surface area (Å²) in [7, 11) is 2.42. The van der Waals surface area contributed by atoms with E-state index in [-0.39, 0.29) is 0 Å². The maximum Gasteiger partial charge on any atom is 0.0125 e. The highest BCUT2D eigenvalue weighted by Crippen LogP contribution is 2.35. The zero-order valence-corrected chi connectivity index (χ0v) is 12.9. The second-order valence-corrected chi connectivity index (χ2v) is 7.39. The van der Waals surface area contributed by atoms with Crippen LogP contribution in [0.5, 0.6) is 0 Å². The largest absolute Gasteiger partial charge is 0.311 e. The highest BCUT2D eigenvalue weighted by molar-refractivity contribution is 4.96. The van der Waals surface area contributed by atoms with Crippen molar-refractivity contribution >= 4 is 0 Å². The van der Waals surface area contributed by atoms with E-state index in [0.29, 0.717) is 0 Å². The molecule has 0 radical (unpaired) electrons. The monoisotopic (exact) mass is 264 g/mol. The second kappa shape index (κ2) is 6.13. The first-order valence-electron chi connectivity index (χ1n) is 8.74. The van der Waals surface area contributed by atoms with Gasteiger partial charge in [0.1, 0.15) is 0 Å². The molecule has 0 amide bonds. The van der Waals surface area contributed by atoms with E-state index in [9.17, 15) is 0 Å². The molecule has 1 saturated carbocycles. The number of hydrogen-bond donors (Lipinski definition) is 1. The van der Waals surface area contributed by atoms with Crippen LogP contribution in [0.4, 0.5) is 0 Å². The minimum atomic E-state index is 0.836. The molecule has 2 bridgehead atoms. The quantitative estimate of drug-likeness (QED) is 0.835. The molecule has 110 valence electrons. The number of nitrogens with zero attached hydrogens (tertiary/aromatic N) is 1. The van der Waals surface area contributed by atoms with Crippen LogP contribution in [0.25, 0.3) is 0 Å². The number of piperidine rings is 1. The summed E-state index contributed by atoms with van der Waals surface area (Å²) >= 11 is 0. The molecular formula is C17H32N2. The molecule has 3 rings (SSSR count). The van der Waals surface area contributed by atoms with Crippen LogP contribution in [-0.2, 0) is 0 Å². The number of fused-ring (bicyclic) bond motifs is 2. The lowest BCUT2D eigenvalue weighted by Gasteiger charge is -2.42. The summed E-state index contributed by atoms with van der Waals surface area (Å²) in [6, 6.07) is 3.42. The van der Waals surface area contributed by atoms with Crippen molar-refractivity contribution in [1.29, 1.82) is 0 Å². The van der Waals surface area contributed by atoms with Crippen LogP contribution in [0, 0.1) is 5.92 Å². The molecule has 19 heavy (non-hydrogen) atoms. The fourth-order valence-electron chi connectivity index (χ4n) is 4.91. The summed E-state index contributed by atoms with van der Waals surface area (Å²) in [5, 5.41) is 3.78. The van der Waals surface area contributed by atoms with E-state index < -0.39 is 0 Å². The topological polar surface area (TPSA) is 15.3 Å². The zero-order valence-electron chi connectivity index (χ0n) is 12.9. The van der Waals surface area contributed by atoms with Gasteiger partial charge in [0.05, 0.1) is 0 Å². The lowest BCUT2D eigenvalue weighted by atomic mass is 9.82. The van der Waals surface area contributed by atoms with Gasteiger partial charge < -0.3 is 10.2 Å². The van der Waals surface area contributed by atoms with Crippen LogP contribution in [0.1, 0.15) is 71.1 Å². The van der Waals surface area contributed by atoms with Crippen molar-refractivity contribution in [2.75, 3.05) is 7.05 Å². The van der Waals surface area contributed by atoms with Gasteiger partial charge in [-0.2, -0.15) is 0 Å². The van der Waals surface area contributed by atoms with Crippen molar-refractivity contribution in [2.24, 2.45) is 5.92 Å². The van der Waals surface area contributed by atoms with Crippen LogP contribution in [-0.4, -0.2) is 36.1 Å². The molecule has 3 fully saturated rings. The summed E-state index contributed by atoms with van der Waals surface area (Å²) in [5.41, 5.74) is 0. The first-order chi connectivity index (χ1) is 9.26. The van der Waals surface area contributed by atoms with Crippen LogP contribution in [0.2, 0.25) is 0 Å². The van der Waals surface area contributed by atoms with E-state index in [0.717, 1.165) is 30.1 Å². The fraction of sp³-hybridized carbons (Fsp3) is 1.00. The second-order valence-electron chi connectivity index (χ2n) is 7.39. The summed E-state index contributed by atoms with van der Waals surface area (Å²) in [4.78, 5) is 2.77. The van der Waals surface area contributed by atoms with Gasteiger partial charge in [0.2, 0.25) is 0 Å². The third kappa shape index (κ3) is 3.16. The molecule has 2 nitrogen and oxygen atoms in total. The Bertz CT molecular complexity index is 271. The number of hydrogen-bond acceptors (Lipinski definition) is 2. The highest BCUT2D eigenvalue weighted by Gasteiger charge is 2.37. The van der Waals surface area contributed by atoms with Crippen molar-refractivity contribution in [3.05, 3.63) is 0 Å². The first-order valence-corrected chi connectivity index (χ1v) is 8.74. The molecule has 2 aliphatic heterocycles. The first kappa shape index (κ1) is 13.9. The summed E-state index contributed by atoms with van der Waals surface area (Å²) in [5.74, 6) is 1.04. The highest BCUT2D eigenvalue weighted by atomic mass is 15.2. The van der Waals surface area contributed by atoms with Gasteiger partial charge in [-0.1, -0.05) is 19.8 Å². The van der Waals surface area contributed by atoms with E-state index in [1.54, 1.807) is 0 Å². The normalized spacial score (nSPS) is 42.8. The van der Waals surface area contributed by atoms with Crippen LogP contribution in [0.3, 0.4) is 0 Å². The summed E-state index contributed by atoms with van der Waals surface area (Å²) < 4.78 is 0. The molecule has 0 aromatic heterocycles. The van der Waals surface area contributed by atoms with Gasteiger partial charge in [0.15, 0.2) is 0 Å². The molecule has 2 atom stereocenters. The Morgan fingerprint density at radius 1 is 0.895 bits per heavy atom. The maximum absolute atomic E-state index is 3.78. The lowest BCUT2D eigenvalue weighted by Crippen LogP contribution is -2.50. The van der Waals surface area contributed by atoms with Gasteiger partial charge in [0, 0.05) is 24.2 Å². The van der Waals surface area contributed by atoms with Crippen molar-refractivity contribution in [3.8, 4) is 0 Å². The Balaban J connectivity index is 1.49. The van der Waals surface area contributed by atoms with E-state index >= 15 is 0 Å². The van der Waals surface area contributed by atoms with E-state index in [4.69, 9.17) is 0 Å². The summed E-state index contributed by atoms with van der Waals surface area (Å²) in [6.07, 6.45) is 14.4. The van der Waals surface area contributed by atoms with Crippen molar-refractivity contribution in [1.82, 2.24) is 10.2 Å². The smallest absolute Gasteiger partial charge is 0.0125 e. The minimum Gasteiger partial charge on any atom is -0.311 e. The molecule has 1 aliphatic carbocycles. The van der Waals surface area contributed by atoms with E-state index in [1.165, 1.54) is 64.2 Å². The maximum atomic E-state index is 3.78. The molecule has 0 aromatic carbocycles. The molecule has 2 heterocycles. The average Bonchev–Trinajstić information content (AvgIpc) is 2.78. The van der Waals surface area contributed by atoms with Gasteiger partial charge in [-0.25, -0.2) is 0 Å². The van der Waals surface area contributed by atoms with Crippen LogP contribution in [0.15, 0.2) is 0 Å². The van der Waals surface area contributed by atoms with Gasteiger partial charge in [-0.15, -0.1) is 0 Å². The SMILES string of the molecule is CCCC1CCC(N(C)C2CC3CCC(C2)N3)CC1.